The van der Waals surface area contributed by atoms with E-state index >= 15 is 0 Å². The van der Waals surface area contributed by atoms with Gasteiger partial charge >= 0.3 is 0 Å². The minimum absolute atomic E-state index is 0.463. The molecule has 1 heterocycles. The van der Waals surface area contributed by atoms with Crippen LogP contribution in [0.3, 0.4) is 0 Å². The molecule has 21 heavy (non-hydrogen) atoms. The summed E-state index contributed by atoms with van der Waals surface area (Å²) in [5, 5.41) is 3.36. The van der Waals surface area contributed by atoms with E-state index < -0.39 is 0 Å². The van der Waals surface area contributed by atoms with Gasteiger partial charge in [-0.3, -0.25) is 4.98 Å². The molecule has 120 valence electrons. The maximum atomic E-state index is 5.61. The zero-order chi connectivity index (χ0) is 15.3. The molecule has 0 saturated carbocycles. The first-order valence-electron chi connectivity index (χ1n) is 7.55. The lowest BCUT2D eigenvalue weighted by molar-refractivity contribution is 0.0478. The Morgan fingerprint density at radius 3 is 2.57 bits per heavy atom. The van der Waals surface area contributed by atoms with Crippen molar-refractivity contribution < 1.29 is 14.2 Å². The van der Waals surface area contributed by atoms with Crippen molar-refractivity contribution in [2.45, 2.75) is 39.5 Å². The zero-order valence-corrected chi connectivity index (χ0v) is 13.4. The Labute approximate surface area is 128 Å². The van der Waals surface area contributed by atoms with Gasteiger partial charge in [0, 0.05) is 32.9 Å². The summed E-state index contributed by atoms with van der Waals surface area (Å²) >= 11 is 0. The third-order valence-corrected chi connectivity index (χ3v) is 2.81. The number of hydrogen-bond acceptors (Lipinski definition) is 5. The molecule has 0 atom stereocenters. The van der Waals surface area contributed by atoms with Gasteiger partial charge in [-0.05, 0) is 18.6 Å². The van der Waals surface area contributed by atoms with Gasteiger partial charge in [0.1, 0.15) is 0 Å². The van der Waals surface area contributed by atoms with Crippen LogP contribution in [0.1, 0.15) is 31.7 Å². The quantitative estimate of drug-likeness (QED) is 0.599. The molecule has 0 aliphatic heterocycles. The Balaban J connectivity index is 2.13. The summed E-state index contributed by atoms with van der Waals surface area (Å²) in [7, 11) is 1.67. The van der Waals surface area contributed by atoms with Gasteiger partial charge in [-0.2, -0.15) is 0 Å². The molecular formula is C16H28N2O3. The molecule has 0 amide bonds. The molecule has 1 aromatic heterocycles. The van der Waals surface area contributed by atoms with Crippen LogP contribution >= 0.6 is 0 Å². The molecule has 0 saturated heterocycles. The van der Waals surface area contributed by atoms with Crippen LogP contribution in [0.25, 0.3) is 0 Å². The van der Waals surface area contributed by atoms with Gasteiger partial charge in [-0.15, -0.1) is 0 Å². The number of ether oxygens (including phenoxy) is 3. The van der Waals surface area contributed by atoms with Crippen molar-refractivity contribution in [3.8, 4) is 0 Å². The van der Waals surface area contributed by atoms with Gasteiger partial charge in [0.15, 0.2) is 0 Å². The first-order chi connectivity index (χ1) is 10.2. The minimum Gasteiger partial charge on any atom is -0.382 e. The van der Waals surface area contributed by atoms with Crippen molar-refractivity contribution in [2.75, 3.05) is 33.5 Å². The SMILES string of the molecule is COCCOCCCOCc1cccc(CNC(C)C)n1. The zero-order valence-electron chi connectivity index (χ0n) is 13.4. The van der Waals surface area contributed by atoms with Crippen LogP contribution < -0.4 is 5.32 Å². The standard InChI is InChI=1S/C16H28N2O3/c1-14(2)17-12-15-6-4-7-16(18-15)13-21-9-5-8-20-11-10-19-3/h4,6-7,14,17H,5,8-13H2,1-3H3. The predicted octanol–water partition coefficient (Wildman–Crippen LogP) is 2.15. The van der Waals surface area contributed by atoms with Crippen molar-refractivity contribution in [1.29, 1.82) is 0 Å². The average Bonchev–Trinajstić information content (AvgIpc) is 2.48. The van der Waals surface area contributed by atoms with Gasteiger partial charge < -0.3 is 19.5 Å². The minimum atomic E-state index is 0.463. The van der Waals surface area contributed by atoms with Crippen LogP contribution in [0.5, 0.6) is 0 Å². The fraction of sp³-hybridized carbons (Fsp3) is 0.688. The Kier molecular flexibility index (Phi) is 9.99. The number of aromatic nitrogens is 1. The molecule has 1 N–H and O–H groups in total. The second-order valence-electron chi connectivity index (χ2n) is 5.17. The molecular weight excluding hydrogens is 268 g/mol. The maximum Gasteiger partial charge on any atom is 0.0887 e. The molecule has 1 rings (SSSR count). The normalized spacial score (nSPS) is 11.2. The summed E-state index contributed by atoms with van der Waals surface area (Å²) in [6.07, 6.45) is 0.887. The largest absolute Gasteiger partial charge is 0.382 e. The number of nitrogens with one attached hydrogen (secondary N) is 1. The Bertz CT molecular complexity index is 372. The van der Waals surface area contributed by atoms with E-state index in [2.05, 4.69) is 24.1 Å². The lowest BCUT2D eigenvalue weighted by Gasteiger charge is -2.09. The highest BCUT2D eigenvalue weighted by Crippen LogP contribution is 2.02. The molecule has 0 bridgehead atoms. The monoisotopic (exact) mass is 296 g/mol. The molecule has 0 aliphatic rings. The van der Waals surface area contributed by atoms with E-state index in [0.717, 1.165) is 24.4 Å². The number of nitrogens with zero attached hydrogens (tertiary/aromatic N) is 1. The summed E-state index contributed by atoms with van der Waals surface area (Å²) in [5.41, 5.74) is 2.02. The van der Waals surface area contributed by atoms with Crippen LogP contribution in [0, 0.1) is 0 Å². The fourth-order valence-corrected chi connectivity index (χ4v) is 1.70. The summed E-state index contributed by atoms with van der Waals surface area (Å²) in [5.74, 6) is 0. The number of hydrogen-bond donors (Lipinski definition) is 1. The lowest BCUT2D eigenvalue weighted by atomic mass is 10.3. The number of rotatable bonds is 12. The first kappa shape index (κ1) is 18.0. The highest BCUT2D eigenvalue weighted by molar-refractivity contribution is 5.10. The van der Waals surface area contributed by atoms with E-state index in [0.29, 0.717) is 39.1 Å². The number of pyridine rings is 1. The lowest BCUT2D eigenvalue weighted by Crippen LogP contribution is -2.22. The van der Waals surface area contributed by atoms with Gasteiger partial charge in [0.05, 0.1) is 31.2 Å². The third-order valence-electron chi connectivity index (χ3n) is 2.81. The van der Waals surface area contributed by atoms with Gasteiger partial charge in [0.2, 0.25) is 0 Å². The Hall–Kier alpha value is -1.01. The molecule has 0 unspecified atom stereocenters. The summed E-state index contributed by atoms with van der Waals surface area (Å²) in [4.78, 5) is 4.57. The molecule has 1 aromatic rings. The average molecular weight is 296 g/mol. The highest BCUT2D eigenvalue weighted by atomic mass is 16.5. The van der Waals surface area contributed by atoms with E-state index in [4.69, 9.17) is 14.2 Å². The van der Waals surface area contributed by atoms with Crippen LogP contribution in [-0.2, 0) is 27.4 Å². The Morgan fingerprint density at radius 2 is 1.81 bits per heavy atom. The van der Waals surface area contributed by atoms with E-state index in [1.165, 1.54) is 0 Å². The summed E-state index contributed by atoms with van der Waals surface area (Å²) in [6, 6.07) is 6.51. The maximum absolute atomic E-state index is 5.61. The van der Waals surface area contributed by atoms with Crippen molar-refractivity contribution in [1.82, 2.24) is 10.3 Å². The Morgan fingerprint density at radius 1 is 1.05 bits per heavy atom. The van der Waals surface area contributed by atoms with Crippen molar-refractivity contribution in [2.24, 2.45) is 0 Å². The molecule has 0 fully saturated rings. The van der Waals surface area contributed by atoms with Crippen molar-refractivity contribution in [3.63, 3.8) is 0 Å². The third kappa shape index (κ3) is 9.52. The molecule has 0 radical (unpaired) electrons. The fourth-order valence-electron chi connectivity index (χ4n) is 1.70. The van der Waals surface area contributed by atoms with E-state index in [-0.39, 0.29) is 0 Å². The van der Waals surface area contributed by atoms with Crippen LogP contribution in [0.15, 0.2) is 18.2 Å². The molecule has 5 nitrogen and oxygen atoms in total. The van der Waals surface area contributed by atoms with E-state index in [1.807, 2.05) is 18.2 Å². The molecule has 5 heteroatoms. The van der Waals surface area contributed by atoms with Crippen LogP contribution in [0.4, 0.5) is 0 Å². The van der Waals surface area contributed by atoms with Gasteiger partial charge in [-0.1, -0.05) is 19.9 Å². The predicted molar refractivity (Wildman–Crippen MR) is 83.2 cm³/mol. The van der Waals surface area contributed by atoms with E-state index in [1.54, 1.807) is 7.11 Å². The second kappa shape index (κ2) is 11.6. The molecule has 0 aromatic carbocycles. The summed E-state index contributed by atoms with van der Waals surface area (Å²) in [6.45, 7) is 8.26. The summed E-state index contributed by atoms with van der Waals surface area (Å²) < 4.78 is 15.9. The van der Waals surface area contributed by atoms with Gasteiger partial charge in [-0.25, -0.2) is 0 Å². The topological polar surface area (TPSA) is 52.6 Å². The smallest absolute Gasteiger partial charge is 0.0887 e. The second-order valence-corrected chi connectivity index (χ2v) is 5.17. The van der Waals surface area contributed by atoms with Crippen LogP contribution in [-0.4, -0.2) is 44.6 Å². The molecule has 0 spiro atoms. The van der Waals surface area contributed by atoms with Crippen molar-refractivity contribution in [3.05, 3.63) is 29.6 Å². The van der Waals surface area contributed by atoms with Crippen molar-refractivity contribution >= 4 is 0 Å². The van der Waals surface area contributed by atoms with Gasteiger partial charge in [0.25, 0.3) is 0 Å². The first-order valence-corrected chi connectivity index (χ1v) is 7.55. The highest BCUT2D eigenvalue weighted by Gasteiger charge is 2.00. The number of methoxy groups -OCH3 is 1. The van der Waals surface area contributed by atoms with Crippen LogP contribution in [0.2, 0.25) is 0 Å². The van der Waals surface area contributed by atoms with E-state index in [9.17, 15) is 0 Å². The molecule has 0 aliphatic carbocycles.